The summed E-state index contributed by atoms with van der Waals surface area (Å²) in [5.41, 5.74) is -0.126. The lowest BCUT2D eigenvalue weighted by Crippen LogP contribution is -2.43. The Morgan fingerprint density at radius 1 is 1.50 bits per heavy atom. The molecule has 1 atom stereocenters. The van der Waals surface area contributed by atoms with Crippen LogP contribution in [0.1, 0.15) is 34.1 Å². The predicted octanol–water partition coefficient (Wildman–Crippen LogP) is 1.01. The first-order valence-electron chi connectivity index (χ1n) is 6.06. The van der Waals surface area contributed by atoms with Gasteiger partial charge in [-0.15, -0.1) is 0 Å². The first-order chi connectivity index (χ1) is 7.40. The summed E-state index contributed by atoms with van der Waals surface area (Å²) >= 11 is 0. The number of nitrogens with one attached hydrogen (secondary N) is 1. The number of nitrogens with zero attached hydrogens (tertiary/aromatic N) is 1. The second kappa shape index (κ2) is 5.64. The van der Waals surface area contributed by atoms with Crippen LogP contribution in [0.2, 0.25) is 0 Å². The molecule has 0 spiro atoms. The van der Waals surface area contributed by atoms with Crippen molar-refractivity contribution >= 4 is 5.91 Å². The Kier molecular flexibility index (Phi) is 4.74. The van der Waals surface area contributed by atoms with Crippen LogP contribution in [0.25, 0.3) is 0 Å². The van der Waals surface area contributed by atoms with Gasteiger partial charge in [-0.25, -0.2) is 0 Å². The minimum Gasteiger partial charge on any atom is -0.374 e. The summed E-state index contributed by atoms with van der Waals surface area (Å²) < 4.78 is 5.64. The molecule has 0 saturated carbocycles. The molecule has 1 N–H and O–H groups in total. The summed E-state index contributed by atoms with van der Waals surface area (Å²) in [7, 11) is 0. The van der Waals surface area contributed by atoms with Crippen LogP contribution in [0.5, 0.6) is 0 Å². The van der Waals surface area contributed by atoms with Gasteiger partial charge in [0.05, 0.1) is 18.2 Å². The van der Waals surface area contributed by atoms with Gasteiger partial charge in [0.25, 0.3) is 0 Å². The van der Waals surface area contributed by atoms with Gasteiger partial charge in [0.15, 0.2) is 0 Å². The first kappa shape index (κ1) is 13.5. The van der Waals surface area contributed by atoms with Crippen LogP contribution in [-0.2, 0) is 9.53 Å². The molecule has 1 fully saturated rings. The maximum atomic E-state index is 11.9. The summed E-state index contributed by atoms with van der Waals surface area (Å²) in [5.74, 6) is 0.190. The van der Waals surface area contributed by atoms with Crippen molar-refractivity contribution in [2.75, 3.05) is 26.2 Å². The maximum absolute atomic E-state index is 11.9. The van der Waals surface area contributed by atoms with Crippen LogP contribution in [0.4, 0.5) is 0 Å². The molecule has 0 aromatic carbocycles. The molecular formula is C12H24N2O2. The molecule has 4 heteroatoms. The molecule has 0 aliphatic carbocycles. The molecule has 0 aromatic rings. The van der Waals surface area contributed by atoms with E-state index in [0.717, 1.165) is 19.5 Å². The van der Waals surface area contributed by atoms with E-state index in [-0.39, 0.29) is 17.6 Å². The Labute approximate surface area is 98.3 Å². The topological polar surface area (TPSA) is 41.6 Å². The van der Waals surface area contributed by atoms with Gasteiger partial charge >= 0.3 is 0 Å². The number of hydrogen-bond acceptors (Lipinski definition) is 3. The Balaban J connectivity index is 2.37. The average molecular weight is 228 g/mol. The second-order valence-electron chi connectivity index (χ2n) is 5.32. The summed E-state index contributed by atoms with van der Waals surface area (Å²) in [5, 5.41) is 3.20. The van der Waals surface area contributed by atoms with E-state index >= 15 is 0 Å². The summed E-state index contributed by atoms with van der Waals surface area (Å²) in [4.78, 5) is 13.8. The second-order valence-corrected chi connectivity index (χ2v) is 5.32. The summed E-state index contributed by atoms with van der Waals surface area (Å²) in [6.07, 6.45) is 1.02. The summed E-state index contributed by atoms with van der Waals surface area (Å²) in [6.45, 7) is 11.1. The highest BCUT2D eigenvalue weighted by atomic mass is 16.5. The Morgan fingerprint density at radius 3 is 2.81 bits per heavy atom. The van der Waals surface area contributed by atoms with Crippen molar-refractivity contribution < 1.29 is 9.53 Å². The highest BCUT2D eigenvalue weighted by molar-refractivity contribution is 5.81. The molecule has 1 unspecified atom stereocenters. The Hall–Kier alpha value is -0.610. The van der Waals surface area contributed by atoms with Crippen LogP contribution in [0.3, 0.4) is 0 Å². The molecule has 0 bridgehead atoms. The van der Waals surface area contributed by atoms with Crippen molar-refractivity contribution in [3.63, 3.8) is 0 Å². The van der Waals surface area contributed by atoms with Crippen LogP contribution in [-0.4, -0.2) is 48.7 Å². The fraction of sp³-hybridized carbons (Fsp3) is 0.917. The number of carbonyl (C=O) groups is 1. The van der Waals surface area contributed by atoms with E-state index in [0.29, 0.717) is 13.2 Å². The number of rotatable bonds is 3. The van der Waals surface area contributed by atoms with Crippen molar-refractivity contribution in [2.45, 2.75) is 45.8 Å². The van der Waals surface area contributed by atoms with E-state index in [1.807, 2.05) is 32.6 Å². The minimum absolute atomic E-state index is 0.0582. The van der Waals surface area contributed by atoms with Gasteiger partial charge in [0.1, 0.15) is 0 Å². The summed E-state index contributed by atoms with van der Waals surface area (Å²) in [6, 6.07) is -0.0582. The van der Waals surface area contributed by atoms with Gasteiger partial charge in [0.2, 0.25) is 5.91 Å². The van der Waals surface area contributed by atoms with Crippen molar-refractivity contribution in [1.29, 1.82) is 0 Å². The first-order valence-corrected chi connectivity index (χ1v) is 6.06. The fourth-order valence-electron chi connectivity index (χ4n) is 1.74. The zero-order valence-electron chi connectivity index (χ0n) is 10.9. The molecule has 16 heavy (non-hydrogen) atoms. The van der Waals surface area contributed by atoms with Gasteiger partial charge < -0.3 is 15.0 Å². The standard InChI is InChI=1S/C12H24N2O2/c1-10-11(15)14(7-5-6-13-10)8-9-16-12(2,3)4/h10,13H,5-9H2,1-4H3. The maximum Gasteiger partial charge on any atom is 0.239 e. The average Bonchev–Trinajstić information content (AvgIpc) is 2.31. The highest BCUT2D eigenvalue weighted by Crippen LogP contribution is 2.07. The molecule has 1 saturated heterocycles. The van der Waals surface area contributed by atoms with Crippen molar-refractivity contribution in [3.8, 4) is 0 Å². The smallest absolute Gasteiger partial charge is 0.239 e. The van der Waals surface area contributed by atoms with Crippen molar-refractivity contribution in [2.24, 2.45) is 0 Å². The fourth-order valence-corrected chi connectivity index (χ4v) is 1.74. The molecule has 1 rings (SSSR count). The van der Waals surface area contributed by atoms with Crippen LogP contribution in [0, 0.1) is 0 Å². The van der Waals surface area contributed by atoms with E-state index in [1.165, 1.54) is 0 Å². The van der Waals surface area contributed by atoms with Gasteiger partial charge in [-0.05, 0) is 40.7 Å². The van der Waals surface area contributed by atoms with Crippen LogP contribution in [0.15, 0.2) is 0 Å². The molecule has 1 aliphatic rings. The number of amides is 1. The van der Waals surface area contributed by atoms with Crippen LogP contribution >= 0.6 is 0 Å². The monoisotopic (exact) mass is 228 g/mol. The molecule has 0 radical (unpaired) electrons. The van der Waals surface area contributed by atoms with Gasteiger partial charge in [0, 0.05) is 13.1 Å². The highest BCUT2D eigenvalue weighted by Gasteiger charge is 2.22. The number of ether oxygens (including phenoxy) is 1. The molecule has 94 valence electrons. The lowest BCUT2D eigenvalue weighted by atomic mass is 10.2. The van der Waals surface area contributed by atoms with E-state index in [1.54, 1.807) is 0 Å². The van der Waals surface area contributed by atoms with E-state index in [4.69, 9.17) is 4.74 Å². The Bertz CT molecular complexity index is 236. The Morgan fingerprint density at radius 2 is 2.19 bits per heavy atom. The molecule has 1 heterocycles. The third kappa shape index (κ3) is 4.49. The van der Waals surface area contributed by atoms with Crippen molar-refractivity contribution in [1.82, 2.24) is 10.2 Å². The molecular weight excluding hydrogens is 204 g/mol. The largest absolute Gasteiger partial charge is 0.374 e. The lowest BCUT2D eigenvalue weighted by Gasteiger charge is -2.25. The van der Waals surface area contributed by atoms with Gasteiger partial charge in [-0.1, -0.05) is 0 Å². The minimum atomic E-state index is -0.126. The lowest BCUT2D eigenvalue weighted by molar-refractivity contribution is -0.133. The molecule has 1 aliphatic heterocycles. The third-order valence-corrected chi connectivity index (χ3v) is 2.63. The van der Waals surface area contributed by atoms with Crippen LogP contribution < -0.4 is 5.32 Å². The van der Waals surface area contributed by atoms with Gasteiger partial charge in [-0.2, -0.15) is 0 Å². The normalized spacial score (nSPS) is 23.4. The SMILES string of the molecule is CC1NCCCN(CCOC(C)(C)C)C1=O. The van der Waals surface area contributed by atoms with E-state index in [2.05, 4.69) is 5.32 Å². The molecule has 0 aromatic heterocycles. The third-order valence-electron chi connectivity index (χ3n) is 2.63. The van der Waals surface area contributed by atoms with E-state index in [9.17, 15) is 4.79 Å². The van der Waals surface area contributed by atoms with E-state index < -0.39 is 0 Å². The molecule has 4 nitrogen and oxygen atoms in total. The van der Waals surface area contributed by atoms with Gasteiger partial charge in [-0.3, -0.25) is 4.79 Å². The zero-order valence-corrected chi connectivity index (χ0v) is 10.9. The quantitative estimate of drug-likeness (QED) is 0.784. The molecule has 1 amide bonds. The zero-order chi connectivity index (χ0) is 12.2. The number of hydrogen-bond donors (Lipinski definition) is 1. The van der Waals surface area contributed by atoms with Crippen molar-refractivity contribution in [3.05, 3.63) is 0 Å². The predicted molar refractivity (Wildman–Crippen MR) is 64.4 cm³/mol. The number of carbonyl (C=O) groups excluding carboxylic acids is 1.